The number of benzene rings is 1. The molecule has 1 aromatic carbocycles. The van der Waals surface area contributed by atoms with Crippen LogP contribution < -0.4 is 0 Å². The molecule has 0 spiro atoms. The average molecular weight is 272 g/mol. The Balaban J connectivity index is 2.68. The van der Waals surface area contributed by atoms with Crippen molar-refractivity contribution in [2.45, 2.75) is 91.9 Å². The van der Waals surface area contributed by atoms with Gasteiger partial charge < -0.3 is 0 Å². The molecular weight excluding hydrogens is 240 g/mol. The summed E-state index contributed by atoms with van der Waals surface area (Å²) in [5, 5.41) is 0. The first-order chi connectivity index (χ1) is 9.78. The Bertz CT molecular complexity index is 411. The van der Waals surface area contributed by atoms with Crippen LogP contribution in [0.5, 0.6) is 0 Å². The van der Waals surface area contributed by atoms with Crippen molar-refractivity contribution in [3.63, 3.8) is 0 Å². The van der Waals surface area contributed by atoms with E-state index in [1.807, 2.05) is 0 Å². The molecule has 0 saturated carbocycles. The molecular formula is C20H32. The van der Waals surface area contributed by atoms with Crippen LogP contribution in [-0.4, -0.2) is 0 Å². The maximum Gasteiger partial charge on any atom is -0.0273 e. The molecule has 0 heteroatoms. The molecule has 2 rings (SSSR count). The van der Waals surface area contributed by atoms with E-state index in [-0.39, 0.29) is 0 Å². The molecule has 0 radical (unpaired) electrons. The zero-order chi connectivity index (χ0) is 14.5. The van der Waals surface area contributed by atoms with Crippen LogP contribution in [0, 0.1) is 0 Å². The Kier molecular flexibility index (Phi) is 5.69. The van der Waals surface area contributed by atoms with Crippen LogP contribution in [0.3, 0.4) is 0 Å². The molecule has 0 aromatic heterocycles. The van der Waals surface area contributed by atoms with Crippen molar-refractivity contribution in [2.24, 2.45) is 0 Å². The third-order valence-corrected chi connectivity index (χ3v) is 5.00. The SMILES string of the molecule is CCCc1c(CC)c2c(c(CC)c1CCC)CCCC2. The lowest BCUT2D eigenvalue weighted by molar-refractivity contribution is 0.663. The highest BCUT2D eigenvalue weighted by atomic mass is 14.3. The van der Waals surface area contributed by atoms with Gasteiger partial charge in [0.05, 0.1) is 0 Å². The van der Waals surface area contributed by atoms with Crippen LogP contribution in [-0.2, 0) is 38.5 Å². The quantitative estimate of drug-likeness (QED) is 0.632. The van der Waals surface area contributed by atoms with E-state index in [0.29, 0.717) is 0 Å². The Hall–Kier alpha value is -0.780. The highest BCUT2D eigenvalue weighted by Crippen LogP contribution is 2.35. The normalized spacial score (nSPS) is 14.4. The lowest BCUT2D eigenvalue weighted by atomic mass is 9.76. The number of rotatable bonds is 6. The molecule has 1 aromatic rings. The second-order valence-corrected chi connectivity index (χ2v) is 6.29. The largest absolute Gasteiger partial charge is 0.0651 e. The summed E-state index contributed by atoms with van der Waals surface area (Å²) >= 11 is 0. The van der Waals surface area contributed by atoms with Crippen LogP contribution in [0.15, 0.2) is 0 Å². The first kappa shape index (κ1) is 15.6. The van der Waals surface area contributed by atoms with Crippen molar-refractivity contribution in [2.75, 3.05) is 0 Å². The van der Waals surface area contributed by atoms with Gasteiger partial charge in [-0.2, -0.15) is 0 Å². The monoisotopic (exact) mass is 272 g/mol. The fourth-order valence-corrected chi connectivity index (χ4v) is 4.26. The molecule has 1 aliphatic rings. The van der Waals surface area contributed by atoms with Crippen LogP contribution >= 0.6 is 0 Å². The lowest BCUT2D eigenvalue weighted by Crippen LogP contribution is -2.16. The molecule has 112 valence electrons. The summed E-state index contributed by atoms with van der Waals surface area (Å²) < 4.78 is 0. The van der Waals surface area contributed by atoms with Crippen LogP contribution in [0.4, 0.5) is 0 Å². The molecule has 0 aliphatic heterocycles. The molecule has 0 N–H and O–H groups in total. The van der Waals surface area contributed by atoms with E-state index in [9.17, 15) is 0 Å². The first-order valence-corrected chi connectivity index (χ1v) is 8.95. The molecule has 0 unspecified atom stereocenters. The van der Waals surface area contributed by atoms with Crippen molar-refractivity contribution < 1.29 is 0 Å². The van der Waals surface area contributed by atoms with Crippen LogP contribution in [0.2, 0.25) is 0 Å². The zero-order valence-electron chi connectivity index (χ0n) is 14.1. The van der Waals surface area contributed by atoms with Gasteiger partial charge in [0, 0.05) is 0 Å². The molecule has 0 heterocycles. The summed E-state index contributed by atoms with van der Waals surface area (Å²) in [6.45, 7) is 9.40. The number of fused-ring (bicyclic) bond motifs is 1. The molecule has 0 fully saturated rings. The summed E-state index contributed by atoms with van der Waals surface area (Å²) in [5.41, 5.74) is 10.5. The maximum absolute atomic E-state index is 2.37. The van der Waals surface area contributed by atoms with E-state index in [0.717, 1.165) is 0 Å². The highest BCUT2D eigenvalue weighted by molar-refractivity contribution is 5.53. The minimum Gasteiger partial charge on any atom is -0.0651 e. The fraction of sp³-hybridized carbons (Fsp3) is 0.700. The summed E-state index contributed by atoms with van der Waals surface area (Å²) in [5.74, 6) is 0. The molecule has 0 saturated heterocycles. The molecule has 0 atom stereocenters. The summed E-state index contributed by atoms with van der Waals surface area (Å²) in [7, 11) is 0. The Labute approximate surface area is 126 Å². The van der Waals surface area contributed by atoms with Gasteiger partial charge in [-0.3, -0.25) is 0 Å². The van der Waals surface area contributed by atoms with Gasteiger partial charge in [-0.15, -0.1) is 0 Å². The predicted molar refractivity (Wildman–Crippen MR) is 89.8 cm³/mol. The summed E-state index contributed by atoms with van der Waals surface area (Å²) in [4.78, 5) is 0. The van der Waals surface area contributed by atoms with Gasteiger partial charge in [-0.1, -0.05) is 40.5 Å². The van der Waals surface area contributed by atoms with Crippen molar-refractivity contribution >= 4 is 0 Å². The molecule has 0 bridgehead atoms. The average Bonchev–Trinajstić information content (AvgIpc) is 2.48. The summed E-state index contributed by atoms with van der Waals surface area (Å²) in [6, 6.07) is 0. The maximum atomic E-state index is 2.37. The standard InChI is InChI=1S/C20H32/c1-5-11-17-15(7-3)19-13-9-10-14-20(19)16(8-4)18(17)12-6-2/h5-14H2,1-4H3. The second kappa shape index (κ2) is 7.29. The van der Waals surface area contributed by atoms with Gasteiger partial charge in [0.15, 0.2) is 0 Å². The number of hydrogen-bond acceptors (Lipinski definition) is 0. The Morgan fingerprint density at radius 2 is 1.00 bits per heavy atom. The zero-order valence-corrected chi connectivity index (χ0v) is 14.1. The van der Waals surface area contributed by atoms with Gasteiger partial charge in [0.25, 0.3) is 0 Å². The third kappa shape index (κ3) is 2.80. The molecule has 0 nitrogen and oxygen atoms in total. The Morgan fingerprint density at radius 1 is 0.600 bits per heavy atom. The van der Waals surface area contributed by atoms with E-state index in [2.05, 4.69) is 27.7 Å². The van der Waals surface area contributed by atoms with E-state index in [1.54, 1.807) is 33.4 Å². The minimum atomic E-state index is 1.23. The smallest absolute Gasteiger partial charge is 0.0273 e. The molecule has 20 heavy (non-hydrogen) atoms. The van der Waals surface area contributed by atoms with E-state index < -0.39 is 0 Å². The van der Waals surface area contributed by atoms with E-state index in [4.69, 9.17) is 0 Å². The fourth-order valence-electron chi connectivity index (χ4n) is 4.26. The number of hydrogen-bond donors (Lipinski definition) is 0. The van der Waals surface area contributed by atoms with Gasteiger partial charge in [0.2, 0.25) is 0 Å². The van der Waals surface area contributed by atoms with Crippen molar-refractivity contribution in [1.29, 1.82) is 0 Å². The highest BCUT2D eigenvalue weighted by Gasteiger charge is 2.22. The molecule has 0 amide bonds. The van der Waals surface area contributed by atoms with E-state index >= 15 is 0 Å². The van der Waals surface area contributed by atoms with E-state index in [1.165, 1.54) is 64.2 Å². The topological polar surface area (TPSA) is 0 Å². The van der Waals surface area contributed by atoms with Gasteiger partial charge in [-0.25, -0.2) is 0 Å². The van der Waals surface area contributed by atoms with Gasteiger partial charge in [-0.05, 0) is 84.7 Å². The molecule has 1 aliphatic carbocycles. The van der Waals surface area contributed by atoms with Crippen molar-refractivity contribution in [1.82, 2.24) is 0 Å². The predicted octanol–water partition coefficient (Wildman–Crippen LogP) is 5.60. The first-order valence-electron chi connectivity index (χ1n) is 8.95. The Morgan fingerprint density at radius 3 is 1.30 bits per heavy atom. The van der Waals surface area contributed by atoms with Crippen molar-refractivity contribution in [3.8, 4) is 0 Å². The van der Waals surface area contributed by atoms with Crippen LogP contribution in [0.25, 0.3) is 0 Å². The lowest BCUT2D eigenvalue weighted by Gasteiger charge is -2.29. The van der Waals surface area contributed by atoms with Crippen LogP contribution in [0.1, 0.15) is 86.8 Å². The van der Waals surface area contributed by atoms with Gasteiger partial charge >= 0.3 is 0 Å². The third-order valence-electron chi connectivity index (χ3n) is 5.00. The van der Waals surface area contributed by atoms with Gasteiger partial charge in [0.1, 0.15) is 0 Å². The second-order valence-electron chi connectivity index (χ2n) is 6.29. The summed E-state index contributed by atoms with van der Waals surface area (Å²) in [6.07, 6.45) is 13.1. The minimum absolute atomic E-state index is 1.23. The van der Waals surface area contributed by atoms with Crippen molar-refractivity contribution in [3.05, 3.63) is 33.4 Å².